The summed E-state index contributed by atoms with van der Waals surface area (Å²) in [6, 6.07) is 8.89. The minimum absolute atomic E-state index is 0.186. The van der Waals surface area contributed by atoms with Crippen molar-refractivity contribution < 1.29 is 4.79 Å². The lowest BCUT2D eigenvalue weighted by atomic mass is 10.1. The number of rotatable bonds is 2. The lowest BCUT2D eigenvalue weighted by molar-refractivity contribution is -0.130. The van der Waals surface area contributed by atoms with E-state index in [1.807, 2.05) is 4.90 Å². The quantitative estimate of drug-likeness (QED) is 0.838. The van der Waals surface area contributed by atoms with Gasteiger partial charge in [-0.25, -0.2) is 0 Å². The fourth-order valence-electron chi connectivity index (χ4n) is 2.38. The number of amides is 1. The topological polar surface area (TPSA) is 23.6 Å². The molecule has 0 unspecified atom stereocenters. The Bertz CT molecular complexity index is 410. The van der Waals surface area contributed by atoms with Crippen LogP contribution < -0.4 is 0 Å². The molecule has 1 saturated heterocycles. The molecular weight excluding hydrogens is 292 g/mol. The lowest BCUT2D eigenvalue weighted by Gasteiger charge is -2.37. The number of nitrogens with zero attached hydrogens (tertiary/aromatic N) is 2. The van der Waals surface area contributed by atoms with Crippen LogP contribution in [0.4, 0.5) is 0 Å². The normalized spacial score (nSPS) is 18.7. The fourth-order valence-corrected chi connectivity index (χ4v) is 2.64. The molecule has 1 aromatic rings. The Kier molecular flexibility index (Phi) is 4.40. The molecule has 1 amide bonds. The van der Waals surface area contributed by atoms with E-state index in [0.29, 0.717) is 6.04 Å². The third kappa shape index (κ3) is 3.12. The van der Waals surface area contributed by atoms with Crippen LogP contribution in [0.5, 0.6) is 0 Å². The molecule has 1 aromatic carbocycles. The van der Waals surface area contributed by atoms with Gasteiger partial charge in [0.05, 0.1) is 0 Å². The number of carbonyl (C=O) groups is 1. The largest absolute Gasteiger partial charge is 0.340 e. The van der Waals surface area contributed by atoms with Gasteiger partial charge in [0, 0.05) is 43.6 Å². The average molecular weight is 311 g/mol. The predicted molar refractivity (Wildman–Crippen MR) is 76.4 cm³/mol. The van der Waals surface area contributed by atoms with Crippen LogP contribution in [-0.2, 0) is 4.79 Å². The highest BCUT2D eigenvalue weighted by Crippen LogP contribution is 2.23. The average Bonchev–Trinajstić information content (AvgIpc) is 2.39. The monoisotopic (exact) mass is 310 g/mol. The molecular formula is C14H19BrN2O. The number of carbonyl (C=O) groups excluding carboxylic acids is 1. The number of hydrogen-bond donors (Lipinski definition) is 0. The summed E-state index contributed by atoms with van der Waals surface area (Å²) in [6.07, 6.45) is 0. The first-order valence-electron chi connectivity index (χ1n) is 6.33. The molecule has 0 saturated carbocycles. The van der Waals surface area contributed by atoms with Gasteiger partial charge < -0.3 is 4.90 Å². The van der Waals surface area contributed by atoms with Crippen LogP contribution in [0.15, 0.2) is 28.7 Å². The summed E-state index contributed by atoms with van der Waals surface area (Å²) in [5.41, 5.74) is 1.33. The number of halogens is 1. The van der Waals surface area contributed by atoms with Crippen molar-refractivity contribution in [1.82, 2.24) is 9.80 Å². The summed E-state index contributed by atoms with van der Waals surface area (Å²) in [5, 5.41) is 0. The summed E-state index contributed by atoms with van der Waals surface area (Å²) >= 11 is 3.46. The van der Waals surface area contributed by atoms with E-state index in [4.69, 9.17) is 0 Å². The van der Waals surface area contributed by atoms with Gasteiger partial charge in [0.2, 0.25) is 5.91 Å². The first-order chi connectivity index (χ1) is 8.58. The van der Waals surface area contributed by atoms with E-state index in [9.17, 15) is 4.79 Å². The van der Waals surface area contributed by atoms with Gasteiger partial charge in [-0.2, -0.15) is 0 Å². The fraction of sp³-hybridized carbons (Fsp3) is 0.500. The molecule has 0 aliphatic carbocycles. The van der Waals surface area contributed by atoms with E-state index in [1.54, 1.807) is 6.92 Å². The van der Waals surface area contributed by atoms with Crippen molar-refractivity contribution in [2.75, 3.05) is 26.2 Å². The molecule has 1 fully saturated rings. The zero-order chi connectivity index (χ0) is 13.1. The second-order valence-corrected chi connectivity index (χ2v) is 5.69. The van der Waals surface area contributed by atoms with Crippen molar-refractivity contribution in [3.8, 4) is 0 Å². The van der Waals surface area contributed by atoms with Gasteiger partial charge in [-0.3, -0.25) is 9.69 Å². The Morgan fingerprint density at radius 1 is 1.17 bits per heavy atom. The van der Waals surface area contributed by atoms with Crippen molar-refractivity contribution in [2.45, 2.75) is 19.9 Å². The maximum atomic E-state index is 11.3. The Hall–Kier alpha value is -0.870. The predicted octanol–water partition coefficient (Wildman–Crippen LogP) is 2.67. The van der Waals surface area contributed by atoms with E-state index in [-0.39, 0.29) is 5.91 Å². The zero-order valence-corrected chi connectivity index (χ0v) is 12.5. The maximum Gasteiger partial charge on any atom is 0.219 e. The zero-order valence-electron chi connectivity index (χ0n) is 10.9. The van der Waals surface area contributed by atoms with Gasteiger partial charge in [0.25, 0.3) is 0 Å². The highest BCUT2D eigenvalue weighted by atomic mass is 79.9. The molecule has 4 heteroatoms. The second-order valence-electron chi connectivity index (χ2n) is 4.77. The van der Waals surface area contributed by atoms with Crippen LogP contribution in [-0.4, -0.2) is 41.9 Å². The molecule has 0 aromatic heterocycles. The third-order valence-electron chi connectivity index (χ3n) is 3.66. The number of benzene rings is 1. The smallest absolute Gasteiger partial charge is 0.219 e. The van der Waals surface area contributed by atoms with Gasteiger partial charge in [-0.15, -0.1) is 0 Å². The number of hydrogen-bond acceptors (Lipinski definition) is 2. The summed E-state index contributed by atoms with van der Waals surface area (Å²) in [7, 11) is 0. The van der Waals surface area contributed by atoms with Crippen LogP contribution in [0.3, 0.4) is 0 Å². The minimum Gasteiger partial charge on any atom is -0.340 e. The first-order valence-corrected chi connectivity index (χ1v) is 7.12. The van der Waals surface area contributed by atoms with Gasteiger partial charge >= 0.3 is 0 Å². The minimum atomic E-state index is 0.186. The Morgan fingerprint density at radius 2 is 1.72 bits per heavy atom. The molecule has 3 nitrogen and oxygen atoms in total. The van der Waals surface area contributed by atoms with Crippen LogP contribution >= 0.6 is 15.9 Å². The van der Waals surface area contributed by atoms with Gasteiger partial charge in [-0.05, 0) is 24.6 Å². The SMILES string of the molecule is CC(=O)N1CCN([C@@H](C)c2ccc(Br)cc2)CC1. The lowest BCUT2D eigenvalue weighted by Crippen LogP contribution is -2.48. The van der Waals surface area contributed by atoms with E-state index in [1.165, 1.54) is 5.56 Å². The first kappa shape index (κ1) is 13.6. The summed E-state index contributed by atoms with van der Waals surface area (Å²) in [6.45, 7) is 7.47. The Labute approximate surface area is 117 Å². The van der Waals surface area contributed by atoms with Crippen molar-refractivity contribution >= 4 is 21.8 Å². The van der Waals surface area contributed by atoms with Crippen molar-refractivity contribution in [3.63, 3.8) is 0 Å². The van der Waals surface area contributed by atoms with Crippen LogP contribution in [0.1, 0.15) is 25.5 Å². The summed E-state index contributed by atoms with van der Waals surface area (Å²) < 4.78 is 1.11. The summed E-state index contributed by atoms with van der Waals surface area (Å²) in [5.74, 6) is 0.186. The summed E-state index contributed by atoms with van der Waals surface area (Å²) in [4.78, 5) is 15.6. The molecule has 0 spiro atoms. The van der Waals surface area contributed by atoms with E-state index in [0.717, 1.165) is 30.7 Å². The van der Waals surface area contributed by atoms with Crippen molar-refractivity contribution in [2.24, 2.45) is 0 Å². The molecule has 0 radical (unpaired) electrons. The highest BCUT2D eigenvalue weighted by Gasteiger charge is 2.22. The highest BCUT2D eigenvalue weighted by molar-refractivity contribution is 9.10. The van der Waals surface area contributed by atoms with E-state index in [2.05, 4.69) is 52.0 Å². The molecule has 0 bridgehead atoms. The van der Waals surface area contributed by atoms with Gasteiger partial charge in [-0.1, -0.05) is 28.1 Å². The third-order valence-corrected chi connectivity index (χ3v) is 4.19. The Morgan fingerprint density at radius 3 is 2.22 bits per heavy atom. The van der Waals surface area contributed by atoms with Crippen molar-refractivity contribution in [1.29, 1.82) is 0 Å². The van der Waals surface area contributed by atoms with E-state index >= 15 is 0 Å². The van der Waals surface area contributed by atoms with Crippen LogP contribution in [0.25, 0.3) is 0 Å². The molecule has 1 atom stereocenters. The standard InChI is InChI=1S/C14H19BrN2O/c1-11(13-3-5-14(15)6-4-13)16-7-9-17(10-8-16)12(2)18/h3-6,11H,7-10H2,1-2H3/t11-/m0/s1. The molecule has 1 heterocycles. The van der Waals surface area contributed by atoms with Crippen molar-refractivity contribution in [3.05, 3.63) is 34.3 Å². The Balaban J connectivity index is 1.97. The number of piperazine rings is 1. The van der Waals surface area contributed by atoms with Crippen LogP contribution in [0.2, 0.25) is 0 Å². The molecule has 18 heavy (non-hydrogen) atoms. The van der Waals surface area contributed by atoms with Gasteiger partial charge in [0.15, 0.2) is 0 Å². The molecule has 2 rings (SSSR count). The maximum absolute atomic E-state index is 11.3. The van der Waals surface area contributed by atoms with E-state index < -0.39 is 0 Å². The molecule has 0 N–H and O–H groups in total. The van der Waals surface area contributed by atoms with Gasteiger partial charge in [0.1, 0.15) is 0 Å². The molecule has 1 aliphatic heterocycles. The second kappa shape index (κ2) is 5.85. The molecule has 1 aliphatic rings. The van der Waals surface area contributed by atoms with Crippen LogP contribution in [0, 0.1) is 0 Å². The molecule has 98 valence electrons.